The van der Waals surface area contributed by atoms with Crippen molar-refractivity contribution in [3.05, 3.63) is 48.3 Å². The van der Waals surface area contributed by atoms with Gasteiger partial charge in [0.1, 0.15) is 0 Å². The van der Waals surface area contributed by atoms with Gasteiger partial charge in [0, 0.05) is 17.8 Å². The van der Waals surface area contributed by atoms with E-state index in [2.05, 4.69) is 35.7 Å². The summed E-state index contributed by atoms with van der Waals surface area (Å²) in [6.45, 7) is 3.29. The number of hydrogen-bond acceptors (Lipinski definition) is 2. The van der Waals surface area contributed by atoms with Gasteiger partial charge in [0.15, 0.2) is 0 Å². The molecule has 0 amide bonds. The van der Waals surface area contributed by atoms with E-state index >= 15 is 0 Å². The predicted octanol–water partition coefficient (Wildman–Crippen LogP) is 3.32. The monoisotopic (exact) mass is 255 g/mol. The number of nitrogens with one attached hydrogen (secondary N) is 1. The molecule has 0 radical (unpaired) electrons. The molecule has 0 saturated heterocycles. The number of hydrogen-bond donors (Lipinski definition) is 1. The van der Waals surface area contributed by atoms with Crippen molar-refractivity contribution in [3.8, 4) is 5.69 Å². The van der Waals surface area contributed by atoms with E-state index in [-0.39, 0.29) is 0 Å². The van der Waals surface area contributed by atoms with Crippen molar-refractivity contribution in [2.24, 2.45) is 5.92 Å². The van der Waals surface area contributed by atoms with Crippen LogP contribution in [0.4, 0.5) is 0 Å². The molecule has 1 N–H and O–H groups in total. The summed E-state index contributed by atoms with van der Waals surface area (Å²) in [5.41, 5.74) is 2.44. The van der Waals surface area contributed by atoms with Crippen LogP contribution in [-0.2, 0) is 0 Å². The predicted molar refractivity (Wildman–Crippen MR) is 77.3 cm³/mol. The van der Waals surface area contributed by atoms with Crippen LogP contribution in [0.15, 0.2) is 42.7 Å². The minimum Gasteiger partial charge on any atom is -0.310 e. The summed E-state index contributed by atoms with van der Waals surface area (Å²) < 4.78 is 1.97. The average Bonchev–Trinajstić information content (AvgIpc) is 3.17. The SMILES string of the molecule is CCCNC(c1cnn(-c2ccccc2)c1)C1CC1. The Kier molecular flexibility index (Phi) is 3.65. The molecule has 1 aliphatic carbocycles. The molecule has 2 aromatic rings. The van der Waals surface area contributed by atoms with Crippen LogP contribution in [0, 0.1) is 5.92 Å². The van der Waals surface area contributed by atoms with Crippen LogP contribution < -0.4 is 5.32 Å². The smallest absolute Gasteiger partial charge is 0.0645 e. The molecule has 1 aliphatic rings. The minimum atomic E-state index is 0.484. The van der Waals surface area contributed by atoms with Crippen LogP contribution in [0.3, 0.4) is 0 Å². The fourth-order valence-corrected chi connectivity index (χ4v) is 2.51. The van der Waals surface area contributed by atoms with Gasteiger partial charge in [0.2, 0.25) is 0 Å². The molecule has 3 heteroatoms. The summed E-state index contributed by atoms with van der Waals surface area (Å²) in [7, 11) is 0. The van der Waals surface area contributed by atoms with Crippen molar-refractivity contribution in [2.75, 3.05) is 6.54 Å². The maximum absolute atomic E-state index is 4.50. The highest BCUT2D eigenvalue weighted by molar-refractivity contribution is 5.31. The first-order chi connectivity index (χ1) is 9.38. The molecule has 0 aliphatic heterocycles. The Morgan fingerprint density at radius 3 is 2.79 bits per heavy atom. The van der Waals surface area contributed by atoms with Crippen LogP contribution in [0.1, 0.15) is 37.8 Å². The summed E-state index contributed by atoms with van der Waals surface area (Å²) in [6.07, 6.45) is 8.05. The molecule has 19 heavy (non-hydrogen) atoms. The summed E-state index contributed by atoms with van der Waals surface area (Å²) in [5, 5.41) is 8.16. The first-order valence-electron chi connectivity index (χ1n) is 7.22. The van der Waals surface area contributed by atoms with E-state index in [0.29, 0.717) is 6.04 Å². The maximum Gasteiger partial charge on any atom is 0.0645 e. The van der Waals surface area contributed by atoms with Gasteiger partial charge in [-0.15, -0.1) is 0 Å². The highest BCUT2D eigenvalue weighted by atomic mass is 15.3. The first kappa shape index (κ1) is 12.4. The van der Waals surface area contributed by atoms with E-state index in [0.717, 1.165) is 18.2 Å². The van der Waals surface area contributed by atoms with E-state index in [1.807, 2.05) is 29.1 Å². The molecule has 0 spiro atoms. The van der Waals surface area contributed by atoms with Gasteiger partial charge in [-0.1, -0.05) is 25.1 Å². The number of benzene rings is 1. The van der Waals surface area contributed by atoms with E-state index < -0.39 is 0 Å². The van der Waals surface area contributed by atoms with Crippen molar-refractivity contribution >= 4 is 0 Å². The topological polar surface area (TPSA) is 29.9 Å². The second kappa shape index (κ2) is 5.57. The Bertz CT molecular complexity index is 514. The summed E-state index contributed by atoms with van der Waals surface area (Å²) >= 11 is 0. The molecule has 1 fully saturated rings. The lowest BCUT2D eigenvalue weighted by Gasteiger charge is -2.15. The van der Waals surface area contributed by atoms with Crippen LogP contribution in [-0.4, -0.2) is 16.3 Å². The van der Waals surface area contributed by atoms with Gasteiger partial charge in [-0.25, -0.2) is 4.68 Å². The van der Waals surface area contributed by atoms with Crippen LogP contribution in [0.2, 0.25) is 0 Å². The zero-order valence-corrected chi connectivity index (χ0v) is 11.4. The van der Waals surface area contributed by atoms with Gasteiger partial charge < -0.3 is 5.32 Å². The lowest BCUT2D eigenvalue weighted by Crippen LogP contribution is -2.23. The van der Waals surface area contributed by atoms with Crippen LogP contribution in [0.5, 0.6) is 0 Å². The maximum atomic E-state index is 4.50. The van der Waals surface area contributed by atoms with Gasteiger partial charge in [0.05, 0.1) is 11.9 Å². The molecule has 1 aromatic carbocycles. The Morgan fingerprint density at radius 2 is 2.11 bits per heavy atom. The molecular formula is C16H21N3. The van der Waals surface area contributed by atoms with E-state index in [1.54, 1.807) is 0 Å². The molecule has 1 saturated carbocycles. The summed E-state index contributed by atoms with van der Waals surface area (Å²) in [4.78, 5) is 0. The average molecular weight is 255 g/mol. The highest BCUT2D eigenvalue weighted by Gasteiger charge is 2.32. The van der Waals surface area contributed by atoms with E-state index in [4.69, 9.17) is 0 Å². The highest BCUT2D eigenvalue weighted by Crippen LogP contribution is 2.40. The molecule has 3 nitrogen and oxygen atoms in total. The zero-order valence-electron chi connectivity index (χ0n) is 11.4. The van der Waals surface area contributed by atoms with Gasteiger partial charge in [-0.2, -0.15) is 5.10 Å². The third kappa shape index (κ3) is 2.87. The summed E-state index contributed by atoms with van der Waals surface area (Å²) in [6, 6.07) is 10.8. The number of para-hydroxylation sites is 1. The van der Waals surface area contributed by atoms with Crippen molar-refractivity contribution in [1.29, 1.82) is 0 Å². The summed E-state index contributed by atoms with van der Waals surface area (Å²) in [5.74, 6) is 0.806. The molecular weight excluding hydrogens is 234 g/mol. The minimum absolute atomic E-state index is 0.484. The standard InChI is InChI=1S/C16H21N3/c1-2-10-17-16(13-8-9-13)14-11-18-19(12-14)15-6-4-3-5-7-15/h3-7,11-13,16-17H,2,8-10H2,1H3. The van der Waals surface area contributed by atoms with Gasteiger partial charge in [-0.05, 0) is 43.9 Å². The van der Waals surface area contributed by atoms with Crippen molar-refractivity contribution in [3.63, 3.8) is 0 Å². The second-order valence-electron chi connectivity index (χ2n) is 5.32. The van der Waals surface area contributed by atoms with Gasteiger partial charge in [-0.3, -0.25) is 0 Å². The van der Waals surface area contributed by atoms with Crippen molar-refractivity contribution in [2.45, 2.75) is 32.2 Å². The molecule has 1 heterocycles. The third-order valence-electron chi connectivity index (χ3n) is 3.69. The normalized spacial score (nSPS) is 16.5. The Labute approximate surface area is 114 Å². The molecule has 3 rings (SSSR count). The molecule has 0 bridgehead atoms. The molecule has 1 unspecified atom stereocenters. The van der Waals surface area contributed by atoms with Crippen LogP contribution in [0.25, 0.3) is 5.69 Å². The second-order valence-corrected chi connectivity index (χ2v) is 5.32. The Morgan fingerprint density at radius 1 is 1.32 bits per heavy atom. The van der Waals surface area contributed by atoms with Gasteiger partial charge >= 0.3 is 0 Å². The third-order valence-corrected chi connectivity index (χ3v) is 3.69. The molecule has 100 valence electrons. The number of rotatable bonds is 6. The van der Waals surface area contributed by atoms with Crippen molar-refractivity contribution in [1.82, 2.24) is 15.1 Å². The lowest BCUT2D eigenvalue weighted by molar-refractivity contribution is 0.481. The number of nitrogens with zero attached hydrogens (tertiary/aromatic N) is 2. The Balaban J connectivity index is 1.79. The zero-order chi connectivity index (χ0) is 13.1. The Hall–Kier alpha value is -1.61. The fraction of sp³-hybridized carbons (Fsp3) is 0.438. The quantitative estimate of drug-likeness (QED) is 0.858. The molecule has 1 aromatic heterocycles. The molecule has 1 atom stereocenters. The van der Waals surface area contributed by atoms with Crippen molar-refractivity contribution < 1.29 is 0 Å². The van der Waals surface area contributed by atoms with E-state index in [9.17, 15) is 0 Å². The first-order valence-corrected chi connectivity index (χ1v) is 7.22. The van der Waals surface area contributed by atoms with Gasteiger partial charge in [0.25, 0.3) is 0 Å². The number of aromatic nitrogens is 2. The largest absolute Gasteiger partial charge is 0.310 e. The fourth-order valence-electron chi connectivity index (χ4n) is 2.51. The van der Waals surface area contributed by atoms with E-state index in [1.165, 1.54) is 24.8 Å². The van der Waals surface area contributed by atoms with Crippen LogP contribution >= 0.6 is 0 Å². The lowest BCUT2D eigenvalue weighted by atomic mass is 10.1.